The first-order chi connectivity index (χ1) is 39.8. The highest BCUT2D eigenvalue weighted by molar-refractivity contribution is 5.76. The van der Waals surface area contributed by atoms with Crippen LogP contribution in [-0.2, 0) is 33.2 Å². The lowest BCUT2D eigenvalue weighted by molar-refractivity contribution is -0.379. The molecule has 17 unspecified atom stereocenters. The van der Waals surface area contributed by atoms with Crippen molar-refractivity contribution >= 4 is 5.91 Å². The average molecular weight is 1170 g/mol. The van der Waals surface area contributed by atoms with E-state index >= 15 is 0 Å². The van der Waals surface area contributed by atoms with Gasteiger partial charge in [0.1, 0.15) is 73.2 Å². The highest BCUT2D eigenvalue weighted by Crippen LogP contribution is 2.33. The summed E-state index contributed by atoms with van der Waals surface area (Å²) >= 11 is 0. The summed E-state index contributed by atoms with van der Waals surface area (Å²) in [5, 5.41) is 120. The number of carbonyl (C=O) groups is 1. The van der Waals surface area contributed by atoms with Crippen LogP contribution in [0.2, 0.25) is 0 Å². The molecule has 0 aromatic rings. The quantitative estimate of drug-likeness (QED) is 0.0247. The Balaban J connectivity index is 1.53. The van der Waals surface area contributed by atoms with Crippen molar-refractivity contribution in [1.82, 2.24) is 5.32 Å². The van der Waals surface area contributed by atoms with E-state index in [2.05, 4.69) is 79.9 Å². The van der Waals surface area contributed by atoms with Crippen molar-refractivity contribution in [2.24, 2.45) is 0 Å². The number of unbranched alkanes of at least 4 members (excludes halogenated alkanes) is 16. The fourth-order valence-corrected chi connectivity index (χ4v) is 9.92. The molecule has 3 saturated heterocycles. The molecular weight excluding hydrogens is 1060 g/mol. The van der Waals surface area contributed by atoms with E-state index in [0.29, 0.717) is 12.8 Å². The summed E-state index contributed by atoms with van der Waals surface area (Å²) in [5.74, 6) is -0.361. The maximum atomic E-state index is 13.3. The van der Waals surface area contributed by atoms with Gasteiger partial charge in [-0.1, -0.05) is 195 Å². The second-order valence-electron chi connectivity index (χ2n) is 21.8. The SMILES string of the molecule is CC/C=C\C/C=C\C/C=C\C/C=C\C/C=C\C/C=C\CCC(=O)NC(COC1OC(CO)C(OC2OC(CO)C(OC3OC(CO)C(O)C(O)C3O)C(O)C2O)C(O)C1O)C(O)/C=C/CCCCCCCCCCCCCCCCCC. The molecule has 0 bridgehead atoms. The van der Waals surface area contributed by atoms with Crippen LogP contribution in [0.5, 0.6) is 0 Å². The Morgan fingerprint density at radius 3 is 1.29 bits per heavy atom. The summed E-state index contributed by atoms with van der Waals surface area (Å²) in [4.78, 5) is 13.3. The number of aliphatic hydroxyl groups is 11. The highest BCUT2D eigenvalue weighted by Gasteiger charge is 2.53. The minimum Gasteiger partial charge on any atom is -0.394 e. The Kier molecular flexibility index (Phi) is 40.5. The van der Waals surface area contributed by atoms with Crippen molar-refractivity contribution in [3.8, 4) is 0 Å². The smallest absolute Gasteiger partial charge is 0.220 e. The first kappa shape index (κ1) is 73.2. The minimum atomic E-state index is -1.99. The molecule has 12 N–H and O–H groups in total. The third kappa shape index (κ3) is 28.4. The van der Waals surface area contributed by atoms with Crippen LogP contribution in [0.1, 0.15) is 174 Å². The van der Waals surface area contributed by atoms with Gasteiger partial charge in [-0.05, 0) is 57.8 Å². The predicted molar refractivity (Wildman–Crippen MR) is 314 cm³/mol. The van der Waals surface area contributed by atoms with Crippen molar-refractivity contribution in [3.05, 3.63) is 85.1 Å². The molecule has 0 saturated carbocycles. The van der Waals surface area contributed by atoms with Gasteiger partial charge >= 0.3 is 0 Å². The first-order valence-electron chi connectivity index (χ1n) is 30.8. The molecule has 3 aliphatic heterocycles. The van der Waals surface area contributed by atoms with Crippen molar-refractivity contribution in [2.45, 2.75) is 279 Å². The monoisotopic (exact) mass is 1170 g/mol. The molecule has 472 valence electrons. The fourth-order valence-electron chi connectivity index (χ4n) is 9.92. The Labute approximate surface area is 489 Å². The lowest BCUT2D eigenvalue weighted by atomic mass is 9.96. The fraction of sp³-hybridized carbons (Fsp3) is 0.762. The molecule has 19 nitrogen and oxygen atoms in total. The molecule has 0 radical (unpaired) electrons. The number of allylic oxidation sites excluding steroid dienone is 13. The zero-order valence-electron chi connectivity index (χ0n) is 49.2. The van der Waals surface area contributed by atoms with Gasteiger partial charge in [0.05, 0.1) is 38.6 Å². The van der Waals surface area contributed by atoms with Crippen LogP contribution in [0.15, 0.2) is 85.1 Å². The van der Waals surface area contributed by atoms with E-state index in [1.165, 1.54) is 83.5 Å². The van der Waals surface area contributed by atoms with Gasteiger partial charge in [0.2, 0.25) is 5.91 Å². The maximum Gasteiger partial charge on any atom is 0.220 e. The summed E-state index contributed by atoms with van der Waals surface area (Å²) in [6, 6.07) is -1.02. The second-order valence-corrected chi connectivity index (χ2v) is 21.8. The lowest BCUT2D eigenvalue weighted by Crippen LogP contribution is -2.66. The van der Waals surface area contributed by atoms with Crippen LogP contribution in [0.25, 0.3) is 0 Å². The highest BCUT2D eigenvalue weighted by atomic mass is 16.8. The number of hydrogen-bond donors (Lipinski definition) is 12. The zero-order chi connectivity index (χ0) is 59.7. The van der Waals surface area contributed by atoms with Gasteiger partial charge in [0, 0.05) is 6.42 Å². The van der Waals surface area contributed by atoms with Crippen LogP contribution in [0, 0.1) is 0 Å². The Morgan fingerprint density at radius 2 is 0.841 bits per heavy atom. The molecule has 3 heterocycles. The third-order valence-corrected chi connectivity index (χ3v) is 15.0. The second kappa shape index (κ2) is 45.3. The van der Waals surface area contributed by atoms with Crippen molar-refractivity contribution < 1.29 is 89.4 Å². The number of hydrogen-bond acceptors (Lipinski definition) is 18. The van der Waals surface area contributed by atoms with Crippen LogP contribution >= 0.6 is 0 Å². The van der Waals surface area contributed by atoms with E-state index in [1.54, 1.807) is 6.08 Å². The predicted octanol–water partition coefficient (Wildman–Crippen LogP) is 5.98. The van der Waals surface area contributed by atoms with Gasteiger partial charge in [-0.2, -0.15) is 0 Å². The first-order valence-corrected chi connectivity index (χ1v) is 30.8. The van der Waals surface area contributed by atoms with Crippen molar-refractivity contribution in [2.75, 3.05) is 26.4 Å². The van der Waals surface area contributed by atoms with Gasteiger partial charge in [-0.3, -0.25) is 4.79 Å². The molecule has 3 fully saturated rings. The van der Waals surface area contributed by atoms with Gasteiger partial charge in [0.15, 0.2) is 18.9 Å². The Morgan fingerprint density at radius 1 is 0.451 bits per heavy atom. The van der Waals surface area contributed by atoms with Crippen LogP contribution in [-0.4, -0.2) is 193 Å². The van der Waals surface area contributed by atoms with Gasteiger partial charge in [0.25, 0.3) is 0 Å². The van der Waals surface area contributed by atoms with Gasteiger partial charge < -0.3 is 89.9 Å². The molecule has 0 aliphatic carbocycles. The number of amides is 1. The molecule has 3 aliphatic rings. The molecule has 0 spiro atoms. The Bertz CT molecular complexity index is 1820. The van der Waals surface area contributed by atoms with E-state index in [0.717, 1.165) is 57.8 Å². The number of rotatable bonds is 44. The molecule has 1 amide bonds. The Hall–Kier alpha value is -3.03. The van der Waals surface area contributed by atoms with Crippen LogP contribution in [0.4, 0.5) is 0 Å². The van der Waals surface area contributed by atoms with E-state index in [1.807, 2.05) is 18.2 Å². The van der Waals surface area contributed by atoms with E-state index in [4.69, 9.17) is 28.4 Å². The summed E-state index contributed by atoms with van der Waals surface area (Å²) in [5.41, 5.74) is 0. The minimum absolute atomic E-state index is 0.114. The van der Waals surface area contributed by atoms with Crippen LogP contribution < -0.4 is 5.32 Å². The van der Waals surface area contributed by atoms with Crippen molar-refractivity contribution in [1.29, 1.82) is 0 Å². The lowest BCUT2D eigenvalue weighted by Gasteiger charge is -2.48. The normalized spacial score (nSPS) is 30.2. The molecular formula is C63H107NO18. The number of aliphatic hydroxyl groups excluding tert-OH is 11. The van der Waals surface area contributed by atoms with Gasteiger partial charge in [-0.25, -0.2) is 0 Å². The van der Waals surface area contributed by atoms with Crippen molar-refractivity contribution in [3.63, 3.8) is 0 Å². The number of ether oxygens (including phenoxy) is 6. The molecule has 17 atom stereocenters. The molecule has 0 aromatic heterocycles. The maximum absolute atomic E-state index is 13.3. The molecule has 82 heavy (non-hydrogen) atoms. The largest absolute Gasteiger partial charge is 0.394 e. The summed E-state index contributed by atoms with van der Waals surface area (Å²) in [7, 11) is 0. The topological polar surface area (TPSA) is 307 Å². The van der Waals surface area contributed by atoms with E-state index in [9.17, 15) is 61.0 Å². The average Bonchev–Trinajstić information content (AvgIpc) is 3.39. The summed E-state index contributed by atoms with van der Waals surface area (Å²) < 4.78 is 34.2. The number of carbonyl (C=O) groups excluding carboxylic acids is 1. The molecule has 0 aromatic carbocycles. The van der Waals surface area contributed by atoms with Gasteiger partial charge in [-0.15, -0.1) is 0 Å². The summed E-state index contributed by atoms with van der Waals surface area (Å²) in [6.07, 6.45) is 28.6. The molecule has 19 heteroatoms. The summed E-state index contributed by atoms with van der Waals surface area (Å²) in [6.45, 7) is 1.54. The zero-order valence-corrected chi connectivity index (χ0v) is 49.2. The van der Waals surface area contributed by atoms with Crippen LogP contribution in [0.3, 0.4) is 0 Å². The van der Waals surface area contributed by atoms with E-state index < -0.39 is 124 Å². The standard InChI is InChI=1S/C63H107NO18/c1-3-5-7-9-11-13-15-17-19-21-23-25-27-29-31-33-35-37-39-41-51(69)64-46(47(68)40-38-36-34-32-30-28-26-24-22-20-18-16-14-12-10-8-6-4-2)45-77-61-57(75)54(72)59(49(43-66)79-61)82-63-58(76)55(73)60(50(44-67)80-63)81-62-56(74)53(71)52(70)48(42-65)78-62/h5,7,11,13,17,19,23,25,29,31,35,37-38,40,46-50,52-63,65-68,70-76H,3-4,6,8-10,12,14-16,18,20-22,24,26-28,30,32-34,36,39,41-45H2,1-2H3,(H,64,69)/b7-5-,13-11-,19-17-,25-23-,31-29-,37-35-,40-38+. The van der Waals surface area contributed by atoms with E-state index in [-0.39, 0.29) is 18.9 Å². The molecule has 3 rings (SSSR count). The third-order valence-electron chi connectivity index (χ3n) is 15.0. The number of nitrogens with one attached hydrogen (secondary N) is 1.